The first-order valence-electron chi connectivity index (χ1n) is 4.82. The van der Waals surface area contributed by atoms with Crippen LogP contribution < -0.4 is 5.73 Å². The van der Waals surface area contributed by atoms with E-state index in [9.17, 15) is 0 Å². The Labute approximate surface area is 76.5 Å². The quantitative estimate of drug-likeness (QED) is 0.739. The van der Waals surface area contributed by atoms with Gasteiger partial charge in [0.2, 0.25) is 5.89 Å². The summed E-state index contributed by atoms with van der Waals surface area (Å²) in [5, 5.41) is 3.97. The van der Waals surface area contributed by atoms with Crippen LogP contribution in [-0.4, -0.2) is 10.1 Å². The van der Waals surface area contributed by atoms with Crippen LogP contribution in [0.4, 0.5) is 0 Å². The summed E-state index contributed by atoms with van der Waals surface area (Å²) in [6, 6.07) is 0. The zero-order chi connectivity index (χ0) is 9.05. The summed E-state index contributed by atoms with van der Waals surface area (Å²) in [5.41, 5.74) is 5.67. The molecule has 0 bridgehead atoms. The second-order valence-corrected chi connectivity index (χ2v) is 4.43. The maximum atomic E-state index is 5.94. The van der Waals surface area contributed by atoms with Crippen molar-refractivity contribution in [3.8, 4) is 0 Å². The maximum Gasteiger partial charge on any atom is 0.246 e. The molecule has 0 aliphatic heterocycles. The molecule has 1 aromatic heterocycles. The minimum absolute atomic E-state index is 0.274. The third-order valence-corrected chi connectivity index (χ3v) is 3.10. The highest BCUT2D eigenvalue weighted by molar-refractivity contribution is 5.15. The molecule has 2 unspecified atom stereocenters. The van der Waals surface area contributed by atoms with Gasteiger partial charge in [-0.2, -0.15) is 4.98 Å². The van der Waals surface area contributed by atoms with Crippen LogP contribution in [0.2, 0.25) is 0 Å². The summed E-state index contributed by atoms with van der Waals surface area (Å²) in [4.78, 5) is 4.35. The molecule has 3 rings (SSSR count). The molecule has 2 fully saturated rings. The van der Waals surface area contributed by atoms with Crippen molar-refractivity contribution >= 4 is 0 Å². The fourth-order valence-electron chi connectivity index (χ4n) is 1.62. The van der Waals surface area contributed by atoms with Crippen LogP contribution in [0.5, 0.6) is 0 Å². The number of aromatic nitrogens is 2. The smallest absolute Gasteiger partial charge is 0.246 e. The third kappa shape index (κ3) is 1.09. The molecular weight excluding hydrogens is 166 g/mol. The average Bonchev–Trinajstić information content (AvgIpc) is 2.97. The number of hydrogen-bond donors (Lipinski definition) is 1. The van der Waals surface area contributed by atoms with Crippen molar-refractivity contribution in [2.24, 2.45) is 11.7 Å². The fraction of sp³-hybridized carbons (Fsp3) is 0.778. The van der Waals surface area contributed by atoms with E-state index in [2.05, 4.69) is 17.1 Å². The highest BCUT2D eigenvalue weighted by Crippen LogP contribution is 2.47. The molecule has 1 heterocycles. The van der Waals surface area contributed by atoms with Gasteiger partial charge in [0.05, 0.1) is 5.54 Å². The summed E-state index contributed by atoms with van der Waals surface area (Å²) in [7, 11) is 0. The van der Waals surface area contributed by atoms with Gasteiger partial charge in [-0.05, 0) is 25.2 Å². The molecule has 0 radical (unpaired) electrons. The van der Waals surface area contributed by atoms with Crippen molar-refractivity contribution in [1.82, 2.24) is 10.1 Å². The summed E-state index contributed by atoms with van der Waals surface area (Å²) < 4.78 is 5.16. The summed E-state index contributed by atoms with van der Waals surface area (Å²) >= 11 is 0. The zero-order valence-electron chi connectivity index (χ0n) is 7.66. The minimum atomic E-state index is -0.274. The second kappa shape index (κ2) is 2.12. The van der Waals surface area contributed by atoms with E-state index in [1.54, 1.807) is 0 Å². The van der Waals surface area contributed by atoms with Crippen molar-refractivity contribution in [2.45, 2.75) is 37.6 Å². The molecule has 70 valence electrons. The van der Waals surface area contributed by atoms with Gasteiger partial charge < -0.3 is 10.3 Å². The van der Waals surface area contributed by atoms with Gasteiger partial charge in [-0.3, -0.25) is 0 Å². The molecule has 0 amide bonds. The van der Waals surface area contributed by atoms with Crippen LogP contribution in [0, 0.1) is 5.92 Å². The molecule has 4 heteroatoms. The summed E-state index contributed by atoms with van der Waals surface area (Å²) in [6.45, 7) is 2.20. The lowest BCUT2D eigenvalue weighted by atomic mass is 10.3. The standard InChI is InChI=1S/C9H13N3O/c1-5-4-6(5)7-11-8(13-12-7)9(10)2-3-9/h5-6H,2-4,10H2,1H3. The van der Waals surface area contributed by atoms with Gasteiger partial charge in [0.15, 0.2) is 5.82 Å². The van der Waals surface area contributed by atoms with Gasteiger partial charge in [0, 0.05) is 5.92 Å². The van der Waals surface area contributed by atoms with Crippen molar-refractivity contribution in [1.29, 1.82) is 0 Å². The Morgan fingerprint density at radius 3 is 2.77 bits per heavy atom. The van der Waals surface area contributed by atoms with Crippen LogP contribution in [-0.2, 0) is 5.54 Å². The monoisotopic (exact) mass is 179 g/mol. The number of hydrogen-bond acceptors (Lipinski definition) is 4. The Morgan fingerprint density at radius 1 is 1.54 bits per heavy atom. The lowest BCUT2D eigenvalue weighted by Gasteiger charge is -1.97. The summed E-state index contributed by atoms with van der Waals surface area (Å²) in [6.07, 6.45) is 3.15. The van der Waals surface area contributed by atoms with E-state index in [0.29, 0.717) is 11.8 Å². The molecule has 1 aromatic rings. The Balaban J connectivity index is 1.86. The minimum Gasteiger partial charge on any atom is -0.337 e. The second-order valence-electron chi connectivity index (χ2n) is 4.43. The topological polar surface area (TPSA) is 64.9 Å². The van der Waals surface area contributed by atoms with E-state index >= 15 is 0 Å². The molecule has 2 N–H and O–H groups in total. The van der Waals surface area contributed by atoms with E-state index in [1.807, 2.05) is 0 Å². The van der Waals surface area contributed by atoms with Crippen LogP contribution >= 0.6 is 0 Å². The number of nitrogens with zero attached hydrogens (tertiary/aromatic N) is 2. The van der Waals surface area contributed by atoms with E-state index < -0.39 is 0 Å². The first-order chi connectivity index (χ1) is 6.19. The molecular formula is C9H13N3O. The Kier molecular flexibility index (Phi) is 1.22. The van der Waals surface area contributed by atoms with Gasteiger partial charge in [-0.1, -0.05) is 12.1 Å². The fourth-order valence-corrected chi connectivity index (χ4v) is 1.62. The van der Waals surface area contributed by atoms with Crippen molar-refractivity contribution in [3.05, 3.63) is 11.7 Å². The van der Waals surface area contributed by atoms with Gasteiger partial charge in [-0.25, -0.2) is 0 Å². The van der Waals surface area contributed by atoms with Gasteiger partial charge in [0.25, 0.3) is 0 Å². The number of nitrogens with two attached hydrogens (primary N) is 1. The Hall–Kier alpha value is -0.900. The van der Waals surface area contributed by atoms with Gasteiger partial charge >= 0.3 is 0 Å². The van der Waals surface area contributed by atoms with E-state index in [0.717, 1.165) is 24.6 Å². The van der Waals surface area contributed by atoms with Gasteiger partial charge in [0.1, 0.15) is 0 Å². The highest BCUT2D eigenvalue weighted by atomic mass is 16.5. The van der Waals surface area contributed by atoms with Crippen LogP contribution in [0.1, 0.15) is 43.8 Å². The largest absolute Gasteiger partial charge is 0.337 e. The third-order valence-electron chi connectivity index (χ3n) is 3.10. The van der Waals surface area contributed by atoms with E-state index in [-0.39, 0.29) is 5.54 Å². The van der Waals surface area contributed by atoms with Crippen molar-refractivity contribution in [2.75, 3.05) is 0 Å². The molecule has 4 nitrogen and oxygen atoms in total. The molecule has 2 atom stereocenters. The maximum absolute atomic E-state index is 5.94. The molecule has 13 heavy (non-hydrogen) atoms. The average molecular weight is 179 g/mol. The van der Waals surface area contributed by atoms with Gasteiger partial charge in [-0.15, -0.1) is 0 Å². The number of rotatable bonds is 2. The normalized spacial score (nSPS) is 34.6. The van der Waals surface area contributed by atoms with Crippen LogP contribution in [0.25, 0.3) is 0 Å². The van der Waals surface area contributed by atoms with Crippen LogP contribution in [0.15, 0.2) is 4.52 Å². The first kappa shape index (κ1) is 7.50. The molecule has 2 aliphatic carbocycles. The van der Waals surface area contributed by atoms with Crippen molar-refractivity contribution in [3.63, 3.8) is 0 Å². The molecule has 2 saturated carbocycles. The molecule has 0 spiro atoms. The Bertz CT molecular complexity index is 342. The molecule has 0 saturated heterocycles. The van der Waals surface area contributed by atoms with E-state index in [4.69, 9.17) is 10.3 Å². The first-order valence-corrected chi connectivity index (χ1v) is 4.82. The highest BCUT2D eigenvalue weighted by Gasteiger charge is 2.47. The molecule has 2 aliphatic rings. The molecule has 0 aromatic carbocycles. The zero-order valence-corrected chi connectivity index (χ0v) is 7.66. The van der Waals surface area contributed by atoms with Crippen molar-refractivity contribution < 1.29 is 4.52 Å². The van der Waals surface area contributed by atoms with E-state index in [1.165, 1.54) is 6.42 Å². The van der Waals surface area contributed by atoms with Crippen LogP contribution in [0.3, 0.4) is 0 Å². The Morgan fingerprint density at radius 2 is 2.23 bits per heavy atom. The SMILES string of the molecule is CC1CC1c1noc(C2(N)CC2)n1. The lowest BCUT2D eigenvalue weighted by Crippen LogP contribution is -2.19. The predicted octanol–water partition coefficient (Wildman–Crippen LogP) is 1.14. The summed E-state index contributed by atoms with van der Waals surface area (Å²) in [5.74, 6) is 2.75. The lowest BCUT2D eigenvalue weighted by molar-refractivity contribution is 0.344. The predicted molar refractivity (Wildman–Crippen MR) is 45.9 cm³/mol.